The van der Waals surface area contributed by atoms with Crippen molar-refractivity contribution in [3.05, 3.63) is 62.5 Å². The molecule has 4 rings (SSSR count). The fraction of sp³-hybridized carbons (Fsp3) is 0.333. The van der Waals surface area contributed by atoms with Gasteiger partial charge in [0, 0.05) is 39.0 Å². The maximum absolute atomic E-state index is 10.8. The van der Waals surface area contributed by atoms with Gasteiger partial charge in [-0.3, -0.25) is 9.91 Å². The minimum absolute atomic E-state index is 0.217. The number of hydrogen-bond acceptors (Lipinski definition) is 4. The summed E-state index contributed by atoms with van der Waals surface area (Å²) in [6.07, 6.45) is 0.880. The lowest BCUT2D eigenvalue weighted by Gasteiger charge is -2.37. The largest absolute Gasteiger partial charge is 0.292 e. The molecule has 0 radical (unpaired) electrons. The first-order chi connectivity index (χ1) is 12.1. The first kappa shape index (κ1) is 17.2. The molecule has 0 spiro atoms. The number of piperazine rings is 1. The van der Waals surface area contributed by atoms with Crippen molar-refractivity contribution in [1.82, 2.24) is 9.91 Å². The van der Waals surface area contributed by atoms with Crippen molar-refractivity contribution in [2.24, 2.45) is 5.29 Å². The smallest absolute Gasteiger partial charge is 0.0524 e. The predicted molar refractivity (Wildman–Crippen MR) is 102 cm³/mol. The van der Waals surface area contributed by atoms with Crippen LogP contribution in [0.25, 0.3) is 0 Å². The number of hydrogen-bond donors (Lipinski definition) is 0. The quantitative estimate of drug-likeness (QED) is 0.669. The van der Waals surface area contributed by atoms with Crippen molar-refractivity contribution >= 4 is 35.0 Å². The Morgan fingerprint density at radius 2 is 1.64 bits per heavy atom. The summed E-state index contributed by atoms with van der Waals surface area (Å²) in [5, 5.41) is 6.17. The van der Waals surface area contributed by atoms with Gasteiger partial charge in [0.25, 0.3) is 0 Å². The van der Waals surface area contributed by atoms with Gasteiger partial charge in [0.05, 0.1) is 18.4 Å². The highest BCUT2D eigenvalue weighted by Crippen LogP contribution is 2.44. The molecule has 1 atom stereocenters. The van der Waals surface area contributed by atoms with Gasteiger partial charge in [0.15, 0.2) is 0 Å². The summed E-state index contributed by atoms with van der Waals surface area (Å²) < 4.78 is 0. The van der Waals surface area contributed by atoms with Gasteiger partial charge < -0.3 is 0 Å². The Hall–Kier alpha value is -1.27. The summed E-state index contributed by atoms with van der Waals surface area (Å²) >= 11 is 14.3. The number of halogens is 2. The van der Waals surface area contributed by atoms with Crippen LogP contribution in [-0.4, -0.2) is 36.1 Å². The molecule has 2 aromatic carbocycles. The molecule has 1 unspecified atom stereocenters. The Morgan fingerprint density at radius 3 is 2.36 bits per heavy atom. The van der Waals surface area contributed by atoms with Crippen LogP contribution in [0.5, 0.6) is 0 Å². The fourth-order valence-corrected chi connectivity index (χ4v) is 5.02. The van der Waals surface area contributed by atoms with E-state index in [1.807, 2.05) is 12.1 Å². The highest BCUT2D eigenvalue weighted by atomic mass is 35.5. The first-order valence-corrected chi connectivity index (χ1v) is 9.79. The fourth-order valence-electron chi connectivity index (χ4n) is 3.55. The number of nitrogens with zero attached hydrogens (tertiary/aromatic N) is 3. The topological polar surface area (TPSA) is 35.9 Å². The van der Waals surface area contributed by atoms with Gasteiger partial charge in [-0.1, -0.05) is 35.0 Å². The summed E-state index contributed by atoms with van der Waals surface area (Å²) in [4.78, 5) is 15.7. The van der Waals surface area contributed by atoms with Crippen LogP contribution < -0.4 is 0 Å². The van der Waals surface area contributed by atoms with E-state index in [0.29, 0.717) is 13.1 Å². The Bertz CT molecular complexity index is 809. The number of nitroso groups, excluding NO2 is 1. The van der Waals surface area contributed by atoms with Crippen LogP contribution >= 0.6 is 35.0 Å². The van der Waals surface area contributed by atoms with Crippen molar-refractivity contribution in [2.75, 3.05) is 26.2 Å². The van der Waals surface area contributed by atoms with Crippen LogP contribution in [0.1, 0.15) is 17.2 Å². The van der Waals surface area contributed by atoms with Gasteiger partial charge in [-0.2, -0.15) is 0 Å². The van der Waals surface area contributed by atoms with E-state index in [0.717, 1.165) is 29.6 Å². The number of rotatable bonds is 2. The van der Waals surface area contributed by atoms with E-state index in [9.17, 15) is 4.91 Å². The second-order valence-electron chi connectivity index (χ2n) is 6.33. The van der Waals surface area contributed by atoms with Crippen LogP contribution in [0, 0.1) is 4.91 Å². The molecule has 2 aromatic rings. The first-order valence-electron chi connectivity index (χ1n) is 8.22. The van der Waals surface area contributed by atoms with E-state index in [-0.39, 0.29) is 6.04 Å². The minimum atomic E-state index is 0.217. The Morgan fingerprint density at radius 1 is 0.960 bits per heavy atom. The standard InChI is InChI=1S/C18H17Cl2N3OS/c19-13-1-3-17-12(9-13)10-16(22-5-7-23(21-24)8-6-22)15-11-14(20)2-4-18(15)25-17/h1-4,9,11,16H,5-8,10H2. The Labute approximate surface area is 161 Å². The average Bonchev–Trinajstić information content (AvgIpc) is 2.78. The summed E-state index contributed by atoms with van der Waals surface area (Å²) in [5.74, 6) is 0. The lowest BCUT2D eigenvalue weighted by Crippen LogP contribution is -2.46. The monoisotopic (exact) mass is 393 g/mol. The zero-order valence-corrected chi connectivity index (χ0v) is 15.8. The summed E-state index contributed by atoms with van der Waals surface area (Å²) in [6, 6.07) is 12.4. The van der Waals surface area contributed by atoms with E-state index < -0.39 is 0 Å². The van der Waals surface area contributed by atoms with Crippen molar-refractivity contribution in [2.45, 2.75) is 22.3 Å². The molecule has 0 amide bonds. The summed E-state index contributed by atoms with van der Waals surface area (Å²) in [5.41, 5.74) is 2.50. The summed E-state index contributed by atoms with van der Waals surface area (Å²) in [6.45, 7) is 2.93. The highest BCUT2D eigenvalue weighted by Gasteiger charge is 2.30. The van der Waals surface area contributed by atoms with Gasteiger partial charge in [-0.05, 0) is 53.9 Å². The highest BCUT2D eigenvalue weighted by molar-refractivity contribution is 7.99. The average molecular weight is 394 g/mol. The lowest BCUT2D eigenvalue weighted by atomic mass is 9.96. The lowest BCUT2D eigenvalue weighted by molar-refractivity contribution is 0.0954. The molecule has 0 bridgehead atoms. The molecular formula is C18H17Cl2N3OS. The van der Waals surface area contributed by atoms with Crippen LogP contribution in [0.3, 0.4) is 0 Å². The van der Waals surface area contributed by atoms with Crippen molar-refractivity contribution in [1.29, 1.82) is 0 Å². The van der Waals surface area contributed by atoms with Crippen LogP contribution in [-0.2, 0) is 6.42 Å². The van der Waals surface area contributed by atoms with E-state index in [1.54, 1.807) is 16.8 Å². The molecule has 1 fully saturated rings. The van der Waals surface area contributed by atoms with E-state index in [1.165, 1.54) is 20.9 Å². The minimum Gasteiger partial charge on any atom is -0.292 e. The Balaban J connectivity index is 1.73. The third-order valence-electron chi connectivity index (χ3n) is 4.83. The molecule has 0 N–H and O–H groups in total. The van der Waals surface area contributed by atoms with Gasteiger partial charge in [0.1, 0.15) is 0 Å². The van der Waals surface area contributed by atoms with Gasteiger partial charge >= 0.3 is 0 Å². The molecule has 2 aliphatic heterocycles. The SMILES string of the molecule is O=NN1CCN(C2Cc3cc(Cl)ccc3Sc3ccc(Cl)cc32)CC1. The molecule has 2 heterocycles. The zero-order valence-electron chi connectivity index (χ0n) is 13.5. The molecule has 0 aromatic heterocycles. The molecule has 1 saturated heterocycles. The maximum Gasteiger partial charge on any atom is 0.0524 e. The van der Waals surface area contributed by atoms with Crippen LogP contribution in [0.4, 0.5) is 0 Å². The zero-order chi connectivity index (χ0) is 17.4. The molecule has 130 valence electrons. The van der Waals surface area contributed by atoms with Crippen LogP contribution in [0.2, 0.25) is 10.0 Å². The maximum atomic E-state index is 10.8. The molecule has 4 nitrogen and oxygen atoms in total. The van der Waals surface area contributed by atoms with E-state index in [2.05, 4.69) is 34.5 Å². The summed E-state index contributed by atoms with van der Waals surface area (Å²) in [7, 11) is 0. The molecule has 0 aliphatic carbocycles. The van der Waals surface area contributed by atoms with Gasteiger partial charge in [-0.25, -0.2) is 0 Å². The van der Waals surface area contributed by atoms with E-state index in [4.69, 9.17) is 23.2 Å². The van der Waals surface area contributed by atoms with E-state index >= 15 is 0 Å². The third kappa shape index (κ3) is 3.51. The van der Waals surface area contributed by atoms with Crippen molar-refractivity contribution in [3.63, 3.8) is 0 Å². The second-order valence-corrected chi connectivity index (χ2v) is 8.28. The second kappa shape index (κ2) is 7.16. The number of fused-ring (bicyclic) bond motifs is 2. The third-order valence-corrected chi connectivity index (χ3v) is 6.51. The molecule has 25 heavy (non-hydrogen) atoms. The predicted octanol–water partition coefficient (Wildman–Crippen LogP) is 5.04. The van der Waals surface area contributed by atoms with Gasteiger partial charge in [-0.15, -0.1) is 4.91 Å². The number of benzene rings is 2. The Kier molecular flexibility index (Phi) is 4.91. The molecule has 0 saturated carbocycles. The normalized spacial score (nSPS) is 20.6. The molecule has 2 aliphatic rings. The van der Waals surface area contributed by atoms with Gasteiger partial charge in [0.2, 0.25) is 0 Å². The van der Waals surface area contributed by atoms with Crippen molar-refractivity contribution in [3.8, 4) is 0 Å². The molecular weight excluding hydrogens is 377 g/mol. The van der Waals surface area contributed by atoms with Crippen molar-refractivity contribution < 1.29 is 0 Å². The molecule has 7 heteroatoms. The van der Waals surface area contributed by atoms with Crippen LogP contribution in [0.15, 0.2) is 51.5 Å².